The van der Waals surface area contributed by atoms with Gasteiger partial charge in [-0.2, -0.15) is 0 Å². The Hall–Kier alpha value is -2.28. The van der Waals surface area contributed by atoms with Gasteiger partial charge < -0.3 is 25.8 Å². The van der Waals surface area contributed by atoms with Crippen molar-refractivity contribution in [2.24, 2.45) is 5.73 Å². The van der Waals surface area contributed by atoms with Crippen molar-refractivity contribution in [3.63, 3.8) is 0 Å². The molecule has 0 atom stereocenters. The van der Waals surface area contributed by atoms with Crippen molar-refractivity contribution in [2.45, 2.75) is 44.6 Å². The monoisotopic (exact) mass is 363 g/mol. The second kappa shape index (κ2) is 10.7. The van der Waals surface area contributed by atoms with Gasteiger partial charge in [0.1, 0.15) is 0 Å². The highest BCUT2D eigenvalue weighted by Gasteiger charge is 2.13. The third kappa shape index (κ3) is 6.55. The zero-order valence-corrected chi connectivity index (χ0v) is 15.4. The minimum absolute atomic E-state index is 0.174. The fourth-order valence-corrected chi connectivity index (χ4v) is 3.11. The van der Waals surface area contributed by atoms with Crippen LogP contribution in [0.5, 0.6) is 11.5 Å². The first kappa shape index (κ1) is 20.0. The van der Waals surface area contributed by atoms with E-state index in [2.05, 4.69) is 10.6 Å². The number of benzene rings is 1. The Labute approximate surface area is 154 Å². The number of ether oxygens (including phenoxy) is 2. The van der Waals surface area contributed by atoms with Crippen molar-refractivity contribution in [3.05, 3.63) is 23.8 Å². The summed E-state index contributed by atoms with van der Waals surface area (Å²) in [5.41, 5.74) is 5.54. The zero-order valence-electron chi connectivity index (χ0n) is 15.4. The van der Waals surface area contributed by atoms with Crippen molar-refractivity contribution in [2.75, 3.05) is 26.8 Å². The smallest absolute Gasteiger partial charge is 0.255 e. The van der Waals surface area contributed by atoms with E-state index in [1.165, 1.54) is 45.6 Å². The molecule has 1 aliphatic carbocycles. The normalized spacial score (nSPS) is 15.1. The van der Waals surface area contributed by atoms with Gasteiger partial charge >= 0.3 is 0 Å². The van der Waals surface area contributed by atoms with Gasteiger partial charge in [-0.1, -0.05) is 25.7 Å². The molecule has 2 amide bonds. The zero-order chi connectivity index (χ0) is 18.8. The molecule has 1 saturated carbocycles. The van der Waals surface area contributed by atoms with Crippen LogP contribution in [0.15, 0.2) is 18.2 Å². The van der Waals surface area contributed by atoms with E-state index in [9.17, 15) is 9.59 Å². The summed E-state index contributed by atoms with van der Waals surface area (Å²) in [5, 5.41) is 6.43. The van der Waals surface area contributed by atoms with Gasteiger partial charge in [0.25, 0.3) is 11.8 Å². The Morgan fingerprint density at radius 1 is 1.12 bits per heavy atom. The number of carbonyl (C=O) groups is 2. The molecule has 0 spiro atoms. The predicted octanol–water partition coefficient (Wildman–Crippen LogP) is 1.60. The van der Waals surface area contributed by atoms with Gasteiger partial charge in [-0.05, 0) is 31.0 Å². The maximum absolute atomic E-state index is 12.3. The molecule has 1 aromatic rings. The molecule has 7 heteroatoms. The summed E-state index contributed by atoms with van der Waals surface area (Å²) < 4.78 is 10.5. The SMILES string of the molecule is COc1cc(C(=O)NCCNC2CCCCCC2)ccc1OCC(N)=O. The van der Waals surface area contributed by atoms with Gasteiger partial charge in [0.05, 0.1) is 7.11 Å². The first-order valence-corrected chi connectivity index (χ1v) is 9.21. The Morgan fingerprint density at radius 3 is 2.50 bits per heavy atom. The summed E-state index contributed by atoms with van der Waals surface area (Å²) >= 11 is 0. The topological polar surface area (TPSA) is 103 Å². The predicted molar refractivity (Wildman–Crippen MR) is 99.5 cm³/mol. The third-order valence-electron chi connectivity index (χ3n) is 4.49. The van der Waals surface area contributed by atoms with Crippen LogP contribution in [0.3, 0.4) is 0 Å². The summed E-state index contributed by atoms with van der Waals surface area (Å²) in [6.45, 7) is 1.08. The Balaban J connectivity index is 1.79. The molecule has 0 unspecified atom stereocenters. The highest BCUT2D eigenvalue weighted by atomic mass is 16.5. The average Bonchev–Trinajstić information content (AvgIpc) is 2.92. The lowest BCUT2D eigenvalue weighted by molar-refractivity contribution is -0.119. The number of carbonyl (C=O) groups excluding carboxylic acids is 2. The van der Waals surface area contributed by atoms with E-state index >= 15 is 0 Å². The van der Waals surface area contributed by atoms with Crippen LogP contribution < -0.4 is 25.8 Å². The van der Waals surface area contributed by atoms with Crippen molar-refractivity contribution >= 4 is 11.8 Å². The minimum Gasteiger partial charge on any atom is -0.493 e. The molecular formula is C19H29N3O4. The average molecular weight is 363 g/mol. The molecule has 0 saturated heterocycles. The van der Waals surface area contributed by atoms with E-state index in [1.54, 1.807) is 18.2 Å². The quantitative estimate of drug-likeness (QED) is 0.457. The number of nitrogens with two attached hydrogens (primary N) is 1. The summed E-state index contributed by atoms with van der Waals surface area (Å²) in [5.74, 6) is 0.0100. The van der Waals surface area contributed by atoms with Crippen LogP contribution in [0.25, 0.3) is 0 Å². The fraction of sp³-hybridized carbons (Fsp3) is 0.579. The number of primary amides is 1. The Morgan fingerprint density at radius 2 is 1.85 bits per heavy atom. The van der Waals surface area contributed by atoms with Crippen molar-refractivity contribution in [1.29, 1.82) is 0 Å². The van der Waals surface area contributed by atoms with Crippen LogP contribution in [-0.2, 0) is 4.79 Å². The number of hydrogen-bond donors (Lipinski definition) is 3. The molecule has 144 valence electrons. The van der Waals surface area contributed by atoms with Gasteiger partial charge in [0, 0.05) is 24.7 Å². The van der Waals surface area contributed by atoms with Gasteiger partial charge in [-0.3, -0.25) is 9.59 Å². The standard InChI is InChI=1S/C19H29N3O4/c1-25-17-12-14(8-9-16(17)26-13-18(20)23)19(24)22-11-10-21-15-6-4-2-3-5-7-15/h8-9,12,15,21H,2-7,10-11,13H2,1H3,(H2,20,23)(H,22,24). The number of amides is 2. The van der Waals surface area contributed by atoms with Gasteiger partial charge in [-0.15, -0.1) is 0 Å². The summed E-state index contributed by atoms with van der Waals surface area (Å²) in [7, 11) is 1.48. The Kier molecular flexibility index (Phi) is 8.21. The highest BCUT2D eigenvalue weighted by Crippen LogP contribution is 2.28. The van der Waals surface area contributed by atoms with Crippen molar-refractivity contribution in [1.82, 2.24) is 10.6 Å². The minimum atomic E-state index is -0.574. The molecule has 26 heavy (non-hydrogen) atoms. The fourth-order valence-electron chi connectivity index (χ4n) is 3.11. The van der Waals surface area contributed by atoms with Crippen LogP contribution in [0.4, 0.5) is 0 Å². The molecule has 0 heterocycles. The molecule has 2 rings (SSSR count). The first-order valence-electron chi connectivity index (χ1n) is 9.21. The maximum atomic E-state index is 12.3. The van der Waals surface area contributed by atoms with E-state index in [0.717, 1.165) is 6.54 Å². The van der Waals surface area contributed by atoms with E-state index in [4.69, 9.17) is 15.2 Å². The molecule has 7 nitrogen and oxygen atoms in total. The van der Waals surface area contributed by atoms with E-state index < -0.39 is 5.91 Å². The van der Waals surface area contributed by atoms with Crippen LogP contribution in [0.1, 0.15) is 48.9 Å². The van der Waals surface area contributed by atoms with Crippen molar-refractivity contribution < 1.29 is 19.1 Å². The van der Waals surface area contributed by atoms with Crippen molar-refractivity contribution in [3.8, 4) is 11.5 Å². The molecule has 4 N–H and O–H groups in total. The van der Waals surface area contributed by atoms with Crippen LogP contribution in [-0.4, -0.2) is 44.7 Å². The molecular weight excluding hydrogens is 334 g/mol. The molecule has 1 fully saturated rings. The molecule has 0 aliphatic heterocycles. The van der Waals surface area contributed by atoms with Crippen LogP contribution in [0.2, 0.25) is 0 Å². The maximum Gasteiger partial charge on any atom is 0.255 e. The van der Waals surface area contributed by atoms with Gasteiger partial charge in [-0.25, -0.2) is 0 Å². The number of methoxy groups -OCH3 is 1. The number of nitrogens with one attached hydrogen (secondary N) is 2. The summed E-state index contributed by atoms with van der Waals surface area (Å²) in [6.07, 6.45) is 7.67. The van der Waals surface area contributed by atoms with Crippen LogP contribution >= 0.6 is 0 Å². The number of rotatable bonds is 9. The highest BCUT2D eigenvalue weighted by molar-refractivity contribution is 5.94. The summed E-state index contributed by atoms with van der Waals surface area (Å²) in [6, 6.07) is 5.38. The van der Waals surface area contributed by atoms with Gasteiger partial charge in [0.2, 0.25) is 0 Å². The lowest BCUT2D eigenvalue weighted by Crippen LogP contribution is -2.36. The summed E-state index contributed by atoms with van der Waals surface area (Å²) in [4.78, 5) is 23.1. The van der Waals surface area contributed by atoms with Crippen LogP contribution in [0, 0.1) is 0 Å². The Bertz CT molecular complexity index is 598. The van der Waals surface area contributed by atoms with Gasteiger partial charge in [0.15, 0.2) is 18.1 Å². The molecule has 1 aliphatic rings. The lowest BCUT2D eigenvalue weighted by atomic mass is 10.1. The molecule has 1 aromatic carbocycles. The molecule has 0 bridgehead atoms. The first-order chi connectivity index (χ1) is 12.6. The second-order valence-electron chi connectivity index (χ2n) is 6.52. The largest absolute Gasteiger partial charge is 0.493 e. The molecule has 0 aromatic heterocycles. The number of hydrogen-bond acceptors (Lipinski definition) is 5. The van der Waals surface area contributed by atoms with E-state index in [1.807, 2.05) is 0 Å². The second-order valence-corrected chi connectivity index (χ2v) is 6.52. The third-order valence-corrected chi connectivity index (χ3v) is 4.49. The van der Waals surface area contributed by atoms with E-state index in [0.29, 0.717) is 29.6 Å². The van der Waals surface area contributed by atoms with E-state index in [-0.39, 0.29) is 12.5 Å². The molecule has 0 radical (unpaired) electrons. The lowest BCUT2D eigenvalue weighted by Gasteiger charge is -2.16.